The summed E-state index contributed by atoms with van der Waals surface area (Å²) in [5.41, 5.74) is 9.37. The van der Waals surface area contributed by atoms with Gasteiger partial charge in [-0.2, -0.15) is 0 Å². The van der Waals surface area contributed by atoms with Crippen molar-refractivity contribution in [2.24, 2.45) is 17.0 Å². The Kier molecular flexibility index (Phi) is 5.01. The molecule has 7 nitrogen and oxygen atoms in total. The average molecular weight is 302 g/mol. The van der Waals surface area contributed by atoms with Gasteiger partial charge in [-0.15, -0.1) is 0 Å². The molecule has 0 spiro atoms. The van der Waals surface area contributed by atoms with E-state index in [4.69, 9.17) is 10.3 Å². The number of benzene rings is 1. The molecule has 116 valence electrons. The average Bonchev–Trinajstić information content (AvgIpc) is 2.50. The van der Waals surface area contributed by atoms with Gasteiger partial charge in [-0.1, -0.05) is 42.4 Å². The van der Waals surface area contributed by atoms with E-state index in [2.05, 4.69) is 15.3 Å². The van der Waals surface area contributed by atoms with Crippen LogP contribution in [-0.4, -0.2) is 24.0 Å². The highest BCUT2D eigenvalue weighted by molar-refractivity contribution is 5.89. The zero-order chi connectivity index (χ0) is 16.1. The van der Waals surface area contributed by atoms with Crippen molar-refractivity contribution in [1.29, 1.82) is 0 Å². The third-order valence-corrected chi connectivity index (χ3v) is 3.89. The fraction of sp³-hybridized carbons (Fsp3) is 0.467. The summed E-state index contributed by atoms with van der Waals surface area (Å²) in [6.07, 6.45) is 0. The monoisotopic (exact) mass is 302 g/mol. The van der Waals surface area contributed by atoms with Gasteiger partial charge in [0, 0.05) is 11.0 Å². The number of rotatable bonds is 6. The second-order valence-electron chi connectivity index (χ2n) is 5.39. The van der Waals surface area contributed by atoms with E-state index in [-0.39, 0.29) is 24.5 Å². The fourth-order valence-electron chi connectivity index (χ4n) is 2.53. The molecule has 1 N–H and O–H groups in total. The molecule has 4 atom stereocenters. The SMILES string of the molecule is C[C@@H](N=[N+]=[N-])[C@H]1C(=O)N[C@@H]1[C@@H](C)C(=O)OCc1ccccc1. The van der Waals surface area contributed by atoms with E-state index in [1.54, 1.807) is 13.8 Å². The Bertz CT molecular complexity index is 598. The molecule has 1 aromatic carbocycles. The summed E-state index contributed by atoms with van der Waals surface area (Å²) in [5.74, 6) is -1.57. The van der Waals surface area contributed by atoms with Crippen LogP contribution in [0.4, 0.5) is 0 Å². The Hall–Kier alpha value is -2.53. The number of hydrogen-bond acceptors (Lipinski definition) is 4. The van der Waals surface area contributed by atoms with Crippen molar-refractivity contribution in [1.82, 2.24) is 5.32 Å². The van der Waals surface area contributed by atoms with Gasteiger partial charge in [0.1, 0.15) is 6.61 Å². The minimum absolute atomic E-state index is 0.196. The van der Waals surface area contributed by atoms with Gasteiger partial charge in [0.2, 0.25) is 5.91 Å². The molecule has 7 heteroatoms. The molecule has 0 aromatic heterocycles. The summed E-state index contributed by atoms with van der Waals surface area (Å²) in [6.45, 7) is 3.56. The molecule has 2 rings (SSSR count). The van der Waals surface area contributed by atoms with Crippen molar-refractivity contribution in [3.63, 3.8) is 0 Å². The number of esters is 1. The highest BCUT2D eigenvalue weighted by Gasteiger charge is 2.47. The summed E-state index contributed by atoms with van der Waals surface area (Å²) in [7, 11) is 0. The molecule has 1 aliphatic heterocycles. The first-order valence-electron chi connectivity index (χ1n) is 7.09. The quantitative estimate of drug-likeness (QED) is 0.286. The minimum Gasteiger partial charge on any atom is -0.461 e. The number of carbonyl (C=O) groups excluding carboxylic acids is 2. The molecule has 1 fully saturated rings. The van der Waals surface area contributed by atoms with Gasteiger partial charge in [0.05, 0.1) is 17.9 Å². The maximum absolute atomic E-state index is 12.1. The number of nitrogens with zero attached hydrogens (tertiary/aromatic N) is 3. The summed E-state index contributed by atoms with van der Waals surface area (Å²) in [5, 5.41) is 6.24. The van der Waals surface area contributed by atoms with Gasteiger partial charge >= 0.3 is 5.97 Å². The number of carbonyl (C=O) groups is 2. The maximum Gasteiger partial charge on any atom is 0.311 e. The van der Waals surface area contributed by atoms with Gasteiger partial charge in [-0.3, -0.25) is 9.59 Å². The lowest BCUT2D eigenvalue weighted by Gasteiger charge is -2.41. The van der Waals surface area contributed by atoms with Gasteiger partial charge in [-0.05, 0) is 18.0 Å². The van der Waals surface area contributed by atoms with Crippen LogP contribution in [0.1, 0.15) is 19.4 Å². The molecule has 0 aliphatic carbocycles. The highest BCUT2D eigenvalue weighted by Crippen LogP contribution is 2.28. The van der Waals surface area contributed by atoms with Crippen molar-refractivity contribution in [3.05, 3.63) is 46.3 Å². The first-order chi connectivity index (χ1) is 10.5. The van der Waals surface area contributed by atoms with Crippen molar-refractivity contribution >= 4 is 11.9 Å². The van der Waals surface area contributed by atoms with Gasteiger partial charge in [0.15, 0.2) is 0 Å². The van der Waals surface area contributed by atoms with Crippen LogP contribution in [0.2, 0.25) is 0 Å². The molecule has 22 heavy (non-hydrogen) atoms. The van der Waals surface area contributed by atoms with Crippen LogP contribution >= 0.6 is 0 Å². The number of azide groups is 1. The van der Waals surface area contributed by atoms with Gasteiger partial charge < -0.3 is 10.1 Å². The number of hydrogen-bond donors (Lipinski definition) is 1. The fourth-order valence-corrected chi connectivity index (χ4v) is 2.53. The smallest absolute Gasteiger partial charge is 0.311 e. The van der Waals surface area contributed by atoms with Crippen LogP contribution in [-0.2, 0) is 20.9 Å². The largest absolute Gasteiger partial charge is 0.461 e. The van der Waals surface area contributed by atoms with Crippen LogP contribution in [0.15, 0.2) is 35.4 Å². The van der Waals surface area contributed by atoms with Crippen LogP contribution < -0.4 is 5.32 Å². The Morgan fingerprint density at radius 1 is 1.41 bits per heavy atom. The number of amides is 1. The molecule has 0 unspecified atom stereocenters. The minimum atomic E-state index is -0.497. The van der Waals surface area contributed by atoms with Crippen LogP contribution in [0.5, 0.6) is 0 Å². The van der Waals surface area contributed by atoms with Crippen LogP contribution in [0.25, 0.3) is 10.4 Å². The first kappa shape index (κ1) is 15.9. The predicted octanol–water partition coefficient (Wildman–Crippen LogP) is 2.18. The van der Waals surface area contributed by atoms with Crippen molar-refractivity contribution in [2.45, 2.75) is 32.5 Å². The van der Waals surface area contributed by atoms with E-state index in [0.29, 0.717) is 0 Å². The van der Waals surface area contributed by atoms with Gasteiger partial charge in [-0.25, -0.2) is 0 Å². The normalized spacial score (nSPS) is 22.5. The van der Waals surface area contributed by atoms with Crippen LogP contribution in [0.3, 0.4) is 0 Å². The lowest BCUT2D eigenvalue weighted by Crippen LogP contribution is -2.65. The zero-order valence-electron chi connectivity index (χ0n) is 12.5. The maximum atomic E-state index is 12.1. The third kappa shape index (κ3) is 3.38. The lowest BCUT2D eigenvalue weighted by atomic mass is 9.78. The highest BCUT2D eigenvalue weighted by atomic mass is 16.5. The standard InChI is InChI=1S/C15H18N4O3/c1-9(13-12(14(20)17-13)10(2)18-19-16)15(21)22-8-11-6-4-3-5-7-11/h3-7,9-10,12-13H,8H2,1-2H3,(H,17,20)/t9-,10-,12-,13-/m1/s1. The number of nitrogens with one attached hydrogen (secondary N) is 1. The van der Waals surface area contributed by atoms with E-state index in [9.17, 15) is 9.59 Å². The molecule has 1 saturated heterocycles. The summed E-state index contributed by atoms with van der Waals surface area (Å²) in [4.78, 5) is 26.4. The van der Waals surface area contributed by atoms with E-state index >= 15 is 0 Å². The molecule has 1 aromatic rings. The lowest BCUT2D eigenvalue weighted by molar-refractivity contribution is -0.155. The summed E-state index contributed by atoms with van der Waals surface area (Å²) in [6, 6.07) is 8.52. The van der Waals surface area contributed by atoms with Crippen molar-refractivity contribution < 1.29 is 14.3 Å². The van der Waals surface area contributed by atoms with E-state index in [1.807, 2.05) is 30.3 Å². The molecule has 0 radical (unpaired) electrons. The molecular weight excluding hydrogens is 284 g/mol. The first-order valence-corrected chi connectivity index (χ1v) is 7.09. The topological polar surface area (TPSA) is 104 Å². The second-order valence-corrected chi connectivity index (χ2v) is 5.39. The number of β-lactam (4-membered cyclic amide) rings is 1. The Morgan fingerprint density at radius 2 is 2.09 bits per heavy atom. The molecule has 0 bridgehead atoms. The Balaban J connectivity index is 1.93. The van der Waals surface area contributed by atoms with E-state index in [1.165, 1.54) is 0 Å². The predicted molar refractivity (Wildman–Crippen MR) is 79.4 cm³/mol. The van der Waals surface area contributed by atoms with Crippen molar-refractivity contribution in [3.8, 4) is 0 Å². The molecule has 1 heterocycles. The van der Waals surface area contributed by atoms with Gasteiger partial charge in [0.25, 0.3) is 0 Å². The summed E-state index contributed by atoms with van der Waals surface area (Å²) >= 11 is 0. The molecule has 1 amide bonds. The molecule has 0 saturated carbocycles. The van der Waals surface area contributed by atoms with Crippen LogP contribution in [0, 0.1) is 11.8 Å². The third-order valence-electron chi connectivity index (χ3n) is 3.89. The summed E-state index contributed by atoms with van der Waals surface area (Å²) < 4.78 is 5.28. The Labute approximate surface area is 128 Å². The number of ether oxygens (including phenoxy) is 1. The van der Waals surface area contributed by atoms with E-state index < -0.39 is 17.9 Å². The molecular formula is C15H18N4O3. The van der Waals surface area contributed by atoms with E-state index in [0.717, 1.165) is 5.56 Å². The zero-order valence-corrected chi connectivity index (χ0v) is 12.5. The molecule has 1 aliphatic rings. The van der Waals surface area contributed by atoms with Crippen molar-refractivity contribution in [2.75, 3.05) is 0 Å². The Morgan fingerprint density at radius 3 is 2.68 bits per heavy atom. The second kappa shape index (κ2) is 6.95.